The first-order chi connectivity index (χ1) is 13.5. The summed E-state index contributed by atoms with van der Waals surface area (Å²) in [5, 5.41) is 10.3. The summed E-state index contributed by atoms with van der Waals surface area (Å²) in [4.78, 5) is 12.9. The molecule has 2 atom stereocenters. The van der Waals surface area contributed by atoms with Crippen LogP contribution in [0.1, 0.15) is 17.0 Å². The van der Waals surface area contributed by atoms with E-state index in [2.05, 4.69) is 10.2 Å². The number of carbonyl (C=O) groups excluding carboxylic acids is 1. The third-order valence-electron chi connectivity index (χ3n) is 5.28. The highest BCUT2D eigenvalue weighted by molar-refractivity contribution is 7.91. The summed E-state index contributed by atoms with van der Waals surface area (Å²) in [5.74, 6) is -0.722. The van der Waals surface area contributed by atoms with Gasteiger partial charge < -0.3 is 4.55 Å². The minimum atomic E-state index is -1.23. The number of hydrogen-bond donors (Lipinski definition) is 0. The monoisotopic (exact) mass is 390 g/mol. The topological polar surface area (TPSA) is 64.8 Å². The predicted octanol–water partition coefficient (Wildman–Crippen LogP) is 2.58. The van der Waals surface area contributed by atoms with E-state index < -0.39 is 11.2 Å². The van der Waals surface area contributed by atoms with Gasteiger partial charge in [-0.2, -0.15) is 5.11 Å². The quantitative estimate of drug-likeness (QED) is 0.754. The second kappa shape index (κ2) is 6.36. The molecule has 0 aromatic heterocycles. The van der Waals surface area contributed by atoms with Gasteiger partial charge in [0.2, 0.25) is 5.78 Å². The molecule has 0 spiro atoms. The molecule has 0 bridgehead atoms. The molecular weight excluding hydrogens is 375 g/mol. The number of hydrogen-bond acceptors (Lipinski definition) is 4. The van der Waals surface area contributed by atoms with Gasteiger partial charge in [0.1, 0.15) is 11.5 Å². The van der Waals surface area contributed by atoms with Gasteiger partial charge in [0.05, 0.1) is 12.5 Å². The number of nitrogens with zero attached hydrogens (tertiary/aromatic N) is 2. The summed E-state index contributed by atoms with van der Waals surface area (Å²) >= 11 is -1.23. The van der Waals surface area contributed by atoms with E-state index in [1.54, 1.807) is 18.3 Å². The zero-order chi connectivity index (χ0) is 19.4. The number of fused-ring (bicyclic) bond motifs is 2. The lowest BCUT2D eigenvalue weighted by atomic mass is 9.79. The number of rotatable bonds is 4. The fraction of sp³-hybridized carbons (Fsp3) is 0.136. The summed E-state index contributed by atoms with van der Waals surface area (Å²) in [7, 11) is 0. The Balaban J connectivity index is 1.80. The zero-order valence-electron chi connectivity index (χ0n) is 15.0. The van der Waals surface area contributed by atoms with Gasteiger partial charge in [-0.1, -0.05) is 36.4 Å². The Morgan fingerprint density at radius 1 is 1.21 bits per heavy atom. The summed E-state index contributed by atoms with van der Waals surface area (Å²) in [6.45, 7) is 0. The van der Waals surface area contributed by atoms with E-state index in [0.717, 1.165) is 38.4 Å². The molecule has 0 fully saturated rings. The first kappa shape index (κ1) is 17.3. The number of ketones is 1. The van der Waals surface area contributed by atoms with Crippen LogP contribution in [-0.2, 0) is 16.0 Å². The third-order valence-corrected chi connectivity index (χ3v) is 5.95. The molecule has 2 aliphatic carbocycles. The Kier molecular flexibility index (Phi) is 3.92. The largest absolute Gasteiger partial charge is 0.616 e. The lowest BCUT2D eigenvalue weighted by molar-refractivity contribution is -0.111. The third kappa shape index (κ3) is 2.52. The standard InChI is InChI=1S/C22H15FN2O2S/c1-28(27)11-19(26)17-9-16(12-5-7-13(23)8-6-12)21-18-10-24-25-22(18)15-4-2-3-14(17)20(15)21/h2-10,16H,11H2,1H3. The highest BCUT2D eigenvalue weighted by Crippen LogP contribution is 2.43. The van der Waals surface area contributed by atoms with Crippen molar-refractivity contribution < 1.29 is 13.7 Å². The summed E-state index contributed by atoms with van der Waals surface area (Å²) in [5.41, 5.74) is 5.06. The Morgan fingerprint density at radius 3 is 2.75 bits per heavy atom. The SMILES string of the molecule is C[S+]([O-])CC(=O)C1=CC(c2ccc(F)cc2)C2=c3c1cccc3=C1N=NC=C12. The number of benzene rings is 2. The maximum atomic E-state index is 13.5. The number of halogens is 1. The van der Waals surface area contributed by atoms with Gasteiger partial charge in [-0.15, -0.1) is 5.11 Å². The highest BCUT2D eigenvalue weighted by atomic mass is 32.2. The Bertz CT molecular complexity index is 1240. The van der Waals surface area contributed by atoms with Crippen molar-refractivity contribution >= 4 is 33.8 Å². The van der Waals surface area contributed by atoms with Crippen LogP contribution in [0.25, 0.3) is 16.8 Å². The molecule has 2 unspecified atom stereocenters. The molecule has 6 heteroatoms. The van der Waals surface area contributed by atoms with Crippen molar-refractivity contribution in [3.8, 4) is 0 Å². The fourth-order valence-electron chi connectivity index (χ4n) is 4.16. The van der Waals surface area contributed by atoms with Crippen LogP contribution in [-0.4, -0.2) is 22.3 Å². The molecule has 2 aromatic rings. The predicted molar refractivity (Wildman–Crippen MR) is 107 cm³/mol. The first-order valence-electron chi connectivity index (χ1n) is 8.85. The van der Waals surface area contributed by atoms with Crippen LogP contribution < -0.4 is 10.4 Å². The van der Waals surface area contributed by atoms with Crippen molar-refractivity contribution in [3.63, 3.8) is 0 Å². The van der Waals surface area contributed by atoms with Crippen LogP contribution in [0.15, 0.2) is 70.5 Å². The van der Waals surface area contributed by atoms with E-state index in [9.17, 15) is 13.7 Å². The van der Waals surface area contributed by atoms with Crippen LogP contribution in [0.2, 0.25) is 0 Å². The number of allylic oxidation sites excluding steroid dienone is 2. The maximum absolute atomic E-state index is 13.5. The molecule has 28 heavy (non-hydrogen) atoms. The molecule has 0 amide bonds. The van der Waals surface area contributed by atoms with Gasteiger partial charge in [0.25, 0.3) is 0 Å². The molecule has 138 valence electrons. The Labute approximate surface area is 163 Å². The zero-order valence-corrected chi connectivity index (χ0v) is 15.8. The number of carbonyl (C=O) groups is 1. The van der Waals surface area contributed by atoms with Crippen molar-refractivity contribution in [3.05, 3.63) is 87.7 Å². The van der Waals surface area contributed by atoms with E-state index >= 15 is 0 Å². The van der Waals surface area contributed by atoms with Crippen molar-refractivity contribution in [2.45, 2.75) is 5.92 Å². The molecule has 0 saturated heterocycles. The van der Waals surface area contributed by atoms with Crippen LogP contribution >= 0.6 is 0 Å². The normalized spacial score (nSPS) is 19.9. The van der Waals surface area contributed by atoms with Gasteiger partial charge in [-0.25, -0.2) is 4.39 Å². The highest BCUT2D eigenvalue weighted by Gasteiger charge is 2.35. The van der Waals surface area contributed by atoms with Crippen molar-refractivity contribution in [2.75, 3.05) is 12.0 Å². The van der Waals surface area contributed by atoms with Gasteiger partial charge in [-0.05, 0) is 45.2 Å². The second-order valence-corrected chi connectivity index (χ2v) is 8.43. The van der Waals surface area contributed by atoms with E-state index in [-0.39, 0.29) is 23.3 Å². The lowest BCUT2D eigenvalue weighted by Gasteiger charge is -2.23. The molecule has 0 N–H and O–H groups in total. The van der Waals surface area contributed by atoms with Crippen LogP contribution in [0.4, 0.5) is 4.39 Å². The van der Waals surface area contributed by atoms with Crippen LogP contribution in [0.3, 0.4) is 0 Å². The van der Waals surface area contributed by atoms with Gasteiger partial charge in [0, 0.05) is 22.3 Å². The van der Waals surface area contributed by atoms with Crippen LogP contribution in [0.5, 0.6) is 0 Å². The molecule has 1 aliphatic heterocycles. The van der Waals surface area contributed by atoms with Crippen molar-refractivity contribution in [2.24, 2.45) is 10.2 Å². The molecule has 0 radical (unpaired) electrons. The summed E-state index contributed by atoms with van der Waals surface area (Å²) in [6.07, 6.45) is 5.18. The van der Waals surface area contributed by atoms with Gasteiger partial charge >= 0.3 is 0 Å². The van der Waals surface area contributed by atoms with Gasteiger partial charge in [-0.3, -0.25) is 4.79 Å². The molecule has 5 rings (SSSR count). The van der Waals surface area contributed by atoms with Crippen LogP contribution in [0, 0.1) is 5.82 Å². The minimum Gasteiger partial charge on any atom is -0.616 e. The average molecular weight is 390 g/mol. The smallest absolute Gasteiger partial charge is 0.212 e. The summed E-state index contributed by atoms with van der Waals surface area (Å²) < 4.78 is 25.2. The van der Waals surface area contributed by atoms with E-state index in [4.69, 9.17) is 0 Å². The molecule has 3 aliphatic rings. The van der Waals surface area contributed by atoms with E-state index in [1.165, 1.54) is 18.4 Å². The molecule has 1 heterocycles. The average Bonchev–Trinajstić information content (AvgIpc) is 3.26. The molecule has 0 saturated carbocycles. The Morgan fingerprint density at radius 2 is 2.00 bits per heavy atom. The van der Waals surface area contributed by atoms with Crippen molar-refractivity contribution in [1.82, 2.24) is 0 Å². The first-order valence-corrected chi connectivity index (χ1v) is 10.6. The van der Waals surface area contributed by atoms with Crippen molar-refractivity contribution in [1.29, 1.82) is 0 Å². The van der Waals surface area contributed by atoms with E-state index in [1.807, 2.05) is 24.3 Å². The Hall–Kier alpha value is -2.83. The fourth-order valence-corrected chi connectivity index (χ4v) is 4.68. The molecule has 2 aromatic carbocycles. The minimum absolute atomic E-state index is 0.0278. The lowest BCUT2D eigenvalue weighted by Crippen LogP contribution is -2.33. The molecule has 4 nitrogen and oxygen atoms in total. The number of Topliss-reactive ketones (excluding diaryl/α,β-unsaturated/α-hetero) is 1. The second-order valence-electron chi connectivity index (χ2n) is 7.00. The molecular formula is C22H15FN2O2S. The number of azo groups is 1. The van der Waals surface area contributed by atoms with E-state index in [0.29, 0.717) is 5.57 Å². The maximum Gasteiger partial charge on any atom is 0.212 e. The van der Waals surface area contributed by atoms with Gasteiger partial charge in [0.15, 0.2) is 5.75 Å². The summed E-state index contributed by atoms with van der Waals surface area (Å²) in [6, 6.07) is 12.1.